The molecular weight excluding hydrogens is 304 g/mol. The van der Waals surface area contributed by atoms with Crippen LogP contribution in [0.5, 0.6) is 0 Å². The molecule has 0 fully saturated rings. The topological polar surface area (TPSA) is 75.3 Å². The van der Waals surface area contributed by atoms with E-state index >= 15 is 0 Å². The zero-order valence-corrected chi connectivity index (χ0v) is 14.0. The standard InChI is InChI=1S/C19H20N2O3/c1-12-8-13(2)10-17(9-12)21-19(24)11-18(23)20-16-6-4-15(5-7-16)14(3)22/h4-10H,11H2,1-3H3,(H,20,23)(H,21,24). The van der Waals surface area contributed by atoms with Crippen molar-refractivity contribution in [3.05, 3.63) is 59.2 Å². The Morgan fingerprint density at radius 1 is 0.792 bits per heavy atom. The Morgan fingerprint density at radius 2 is 1.29 bits per heavy atom. The minimum absolute atomic E-state index is 0.0410. The van der Waals surface area contributed by atoms with Gasteiger partial charge >= 0.3 is 0 Å². The molecule has 5 nitrogen and oxygen atoms in total. The van der Waals surface area contributed by atoms with Gasteiger partial charge in [0.15, 0.2) is 5.78 Å². The Balaban J connectivity index is 1.91. The van der Waals surface area contributed by atoms with Crippen LogP contribution in [0.4, 0.5) is 11.4 Å². The highest BCUT2D eigenvalue weighted by Gasteiger charge is 2.11. The van der Waals surface area contributed by atoms with Crippen molar-refractivity contribution in [3.63, 3.8) is 0 Å². The summed E-state index contributed by atoms with van der Waals surface area (Å²) in [4.78, 5) is 35.1. The molecule has 0 saturated heterocycles. The molecule has 24 heavy (non-hydrogen) atoms. The molecule has 0 atom stereocenters. The van der Waals surface area contributed by atoms with Gasteiger partial charge < -0.3 is 10.6 Å². The number of anilines is 2. The third kappa shape index (κ3) is 5.05. The number of amides is 2. The first kappa shape index (κ1) is 17.4. The van der Waals surface area contributed by atoms with Crippen molar-refractivity contribution in [2.24, 2.45) is 0 Å². The van der Waals surface area contributed by atoms with E-state index in [4.69, 9.17) is 0 Å². The lowest BCUT2D eigenvalue weighted by molar-refractivity contribution is -0.123. The van der Waals surface area contributed by atoms with Gasteiger partial charge in [-0.15, -0.1) is 0 Å². The summed E-state index contributed by atoms with van der Waals surface area (Å²) in [5.41, 5.74) is 3.88. The van der Waals surface area contributed by atoms with Crippen molar-refractivity contribution in [1.29, 1.82) is 0 Å². The lowest BCUT2D eigenvalue weighted by Gasteiger charge is -2.08. The molecule has 124 valence electrons. The molecule has 2 rings (SSSR count). The van der Waals surface area contributed by atoms with E-state index in [0.29, 0.717) is 16.9 Å². The molecule has 0 aliphatic carbocycles. The second kappa shape index (κ2) is 7.55. The zero-order chi connectivity index (χ0) is 17.7. The van der Waals surface area contributed by atoms with Crippen molar-refractivity contribution in [2.75, 3.05) is 10.6 Å². The summed E-state index contributed by atoms with van der Waals surface area (Å²) in [5.74, 6) is -0.828. The highest BCUT2D eigenvalue weighted by atomic mass is 16.2. The number of carbonyl (C=O) groups excluding carboxylic acids is 3. The Kier molecular flexibility index (Phi) is 5.47. The first-order valence-electron chi connectivity index (χ1n) is 7.62. The summed E-state index contributed by atoms with van der Waals surface area (Å²) in [7, 11) is 0. The van der Waals surface area contributed by atoms with Crippen LogP contribution in [0.15, 0.2) is 42.5 Å². The van der Waals surface area contributed by atoms with Crippen LogP contribution in [0.3, 0.4) is 0 Å². The van der Waals surface area contributed by atoms with Crippen molar-refractivity contribution in [2.45, 2.75) is 27.2 Å². The Hall–Kier alpha value is -2.95. The molecular formula is C19H20N2O3. The number of benzene rings is 2. The lowest BCUT2D eigenvalue weighted by Crippen LogP contribution is -2.21. The quantitative estimate of drug-likeness (QED) is 0.653. The fraction of sp³-hybridized carbons (Fsp3) is 0.211. The Morgan fingerprint density at radius 3 is 1.79 bits per heavy atom. The van der Waals surface area contributed by atoms with E-state index in [0.717, 1.165) is 11.1 Å². The van der Waals surface area contributed by atoms with Gasteiger partial charge in [-0.25, -0.2) is 0 Å². The first-order valence-corrected chi connectivity index (χ1v) is 7.62. The molecule has 0 unspecified atom stereocenters. The Bertz CT molecular complexity index is 759. The van der Waals surface area contributed by atoms with Crippen LogP contribution in [0.25, 0.3) is 0 Å². The lowest BCUT2D eigenvalue weighted by atomic mass is 10.1. The number of Topliss-reactive ketones (excluding diaryl/α,β-unsaturated/α-hetero) is 1. The molecule has 0 radical (unpaired) electrons. The third-order valence-corrected chi connectivity index (χ3v) is 3.40. The summed E-state index contributed by atoms with van der Waals surface area (Å²) in [6.07, 6.45) is -0.276. The summed E-state index contributed by atoms with van der Waals surface area (Å²) in [6.45, 7) is 5.37. The molecule has 2 N–H and O–H groups in total. The predicted molar refractivity (Wildman–Crippen MR) is 94.2 cm³/mol. The fourth-order valence-corrected chi connectivity index (χ4v) is 2.39. The van der Waals surface area contributed by atoms with Crippen LogP contribution in [-0.4, -0.2) is 17.6 Å². The molecule has 0 heterocycles. The average molecular weight is 324 g/mol. The van der Waals surface area contributed by atoms with Gasteiger partial charge in [0.1, 0.15) is 6.42 Å². The molecule has 0 aliphatic rings. The smallest absolute Gasteiger partial charge is 0.233 e. The molecule has 5 heteroatoms. The number of rotatable bonds is 5. The number of hydrogen-bond acceptors (Lipinski definition) is 3. The normalized spacial score (nSPS) is 10.1. The highest BCUT2D eigenvalue weighted by molar-refractivity contribution is 6.08. The monoisotopic (exact) mass is 324 g/mol. The number of ketones is 1. The van der Waals surface area contributed by atoms with E-state index in [2.05, 4.69) is 10.6 Å². The Labute approximate surface area is 141 Å². The third-order valence-electron chi connectivity index (χ3n) is 3.40. The fourth-order valence-electron chi connectivity index (χ4n) is 2.39. The molecule has 2 aromatic rings. The molecule has 0 aromatic heterocycles. The number of aryl methyl sites for hydroxylation is 2. The van der Waals surface area contributed by atoms with E-state index in [1.165, 1.54) is 6.92 Å². The second-order valence-electron chi connectivity index (χ2n) is 5.78. The van der Waals surface area contributed by atoms with E-state index in [1.54, 1.807) is 24.3 Å². The second-order valence-corrected chi connectivity index (χ2v) is 5.78. The van der Waals surface area contributed by atoms with Crippen molar-refractivity contribution < 1.29 is 14.4 Å². The maximum atomic E-state index is 12.0. The summed E-state index contributed by atoms with van der Waals surface area (Å²) < 4.78 is 0. The van der Waals surface area contributed by atoms with Gasteiger partial charge in [0.05, 0.1) is 0 Å². The molecule has 0 bridgehead atoms. The SMILES string of the molecule is CC(=O)c1ccc(NC(=O)CC(=O)Nc2cc(C)cc(C)c2)cc1. The van der Waals surface area contributed by atoms with E-state index in [-0.39, 0.29) is 18.1 Å². The average Bonchev–Trinajstić information content (AvgIpc) is 2.46. The van der Waals surface area contributed by atoms with Gasteiger partial charge in [0, 0.05) is 16.9 Å². The molecule has 2 amide bonds. The van der Waals surface area contributed by atoms with Crippen molar-refractivity contribution in [3.8, 4) is 0 Å². The van der Waals surface area contributed by atoms with Crippen molar-refractivity contribution in [1.82, 2.24) is 0 Å². The van der Waals surface area contributed by atoms with Crippen LogP contribution >= 0.6 is 0 Å². The molecule has 0 spiro atoms. The van der Waals surface area contributed by atoms with Crippen LogP contribution in [-0.2, 0) is 9.59 Å². The molecule has 0 aliphatic heterocycles. The summed E-state index contributed by atoms with van der Waals surface area (Å²) in [6, 6.07) is 12.2. The van der Waals surface area contributed by atoms with Crippen LogP contribution in [0.1, 0.15) is 34.8 Å². The van der Waals surface area contributed by atoms with Gasteiger partial charge in [-0.1, -0.05) is 6.07 Å². The number of nitrogens with one attached hydrogen (secondary N) is 2. The van der Waals surface area contributed by atoms with Gasteiger partial charge in [-0.2, -0.15) is 0 Å². The van der Waals surface area contributed by atoms with Gasteiger partial charge in [0.2, 0.25) is 11.8 Å². The van der Waals surface area contributed by atoms with Crippen LogP contribution in [0.2, 0.25) is 0 Å². The van der Waals surface area contributed by atoms with Crippen LogP contribution in [0, 0.1) is 13.8 Å². The summed E-state index contributed by atoms with van der Waals surface area (Å²) >= 11 is 0. The van der Waals surface area contributed by atoms with Gasteiger partial charge in [-0.05, 0) is 68.3 Å². The summed E-state index contributed by atoms with van der Waals surface area (Å²) in [5, 5.41) is 5.36. The number of hydrogen-bond donors (Lipinski definition) is 2. The van der Waals surface area contributed by atoms with Gasteiger partial charge in [0.25, 0.3) is 0 Å². The number of carbonyl (C=O) groups is 3. The molecule has 0 saturated carbocycles. The van der Waals surface area contributed by atoms with E-state index in [9.17, 15) is 14.4 Å². The largest absolute Gasteiger partial charge is 0.326 e. The maximum Gasteiger partial charge on any atom is 0.233 e. The van der Waals surface area contributed by atoms with E-state index in [1.807, 2.05) is 32.0 Å². The minimum Gasteiger partial charge on any atom is -0.326 e. The van der Waals surface area contributed by atoms with E-state index < -0.39 is 5.91 Å². The van der Waals surface area contributed by atoms with Crippen molar-refractivity contribution >= 4 is 29.0 Å². The minimum atomic E-state index is -0.410. The first-order chi connectivity index (χ1) is 11.3. The molecule has 2 aromatic carbocycles. The zero-order valence-electron chi connectivity index (χ0n) is 14.0. The predicted octanol–water partition coefficient (Wildman–Crippen LogP) is 3.47. The van der Waals surface area contributed by atoms with Crippen LogP contribution < -0.4 is 10.6 Å². The maximum absolute atomic E-state index is 12.0. The van der Waals surface area contributed by atoms with Gasteiger partial charge in [-0.3, -0.25) is 14.4 Å². The highest BCUT2D eigenvalue weighted by Crippen LogP contribution is 2.14.